The van der Waals surface area contributed by atoms with Crippen LogP contribution in [-0.2, 0) is 6.42 Å². The number of aliphatic hydroxyl groups is 1. The van der Waals surface area contributed by atoms with E-state index in [1.54, 1.807) is 7.11 Å². The van der Waals surface area contributed by atoms with Crippen molar-refractivity contribution in [3.05, 3.63) is 65.2 Å². The van der Waals surface area contributed by atoms with Crippen molar-refractivity contribution in [3.63, 3.8) is 0 Å². The van der Waals surface area contributed by atoms with Crippen molar-refractivity contribution in [3.8, 4) is 5.75 Å². The van der Waals surface area contributed by atoms with Crippen molar-refractivity contribution in [2.75, 3.05) is 7.11 Å². The Morgan fingerprint density at radius 2 is 1.91 bits per heavy atom. The van der Waals surface area contributed by atoms with Crippen molar-refractivity contribution >= 4 is 0 Å². The van der Waals surface area contributed by atoms with E-state index in [9.17, 15) is 5.11 Å². The van der Waals surface area contributed by atoms with Crippen molar-refractivity contribution in [1.82, 2.24) is 5.32 Å². The minimum Gasteiger partial charge on any atom is -0.497 e. The van der Waals surface area contributed by atoms with Crippen LogP contribution in [0.4, 0.5) is 0 Å². The molecule has 0 aliphatic heterocycles. The lowest BCUT2D eigenvalue weighted by Crippen LogP contribution is -2.32. The lowest BCUT2D eigenvalue weighted by molar-refractivity contribution is 0.133. The molecule has 2 N–H and O–H groups in total. The Bertz CT molecular complexity index is 638. The van der Waals surface area contributed by atoms with Crippen molar-refractivity contribution < 1.29 is 9.84 Å². The molecule has 23 heavy (non-hydrogen) atoms. The number of fused-ring (bicyclic) bond motifs is 1. The molecule has 2 aromatic carbocycles. The molecule has 0 saturated carbocycles. The average molecular weight is 311 g/mol. The zero-order chi connectivity index (χ0) is 16.2. The largest absolute Gasteiger partial charge is 0.497 e. The molecule has 3 nitrogen and oxygen atoms in total. The Morgan fingerprint density at radius 3 is 2.61 bits per heavy atom. The first-order chi connectivity index (χ1) is 11.2. The Balaban J connectivity index is 1.82. The van der Waals surface area contributed by atoms with E-state index in [0.29, 0.717) is 0 Å². The Kier molecular flexibility index (Phi) is 4.99. The van der Waals surface area contributed by atoms with Gasteiger partial charge < -0.3 is 15.2 Å². The predicted octanol–water partition coefficient (Wildman–Crippen LogP) is 3.78. The zero-order valence-corrected chi connectivity index (χ0v) is 13.8. The molecule has 3 heteroatoms. The quantitative estimate of drug-likeness (QED) is 0.853. The summed E-state index contributed by atoms with van der Waals surface area (Å²) < 4.78 is 5.25. The molecule has 1 aliphatic carbocycles. The van der Waals surface area contributed by atoms with Gasteiger partial charge in [-0.15, -0.1) is 0 Å². The van der Waals surface area contributed by atoms with E-state index in [1.165, 1.54) is 16.7 Å². The predicted molar refractivity (Wildman–Crippen MR) is 92.7 cm³/mol. The molecule has 0 heterocycles. The maximum Gasteiger partial charge on any atom is 0.118 e. The highest BCUT2D eigenvalue weighted by Crippen LogP contribution is 2.34. The number of nitrogens with one attached hydrogen (secondary N) is 1. The van der Waals surface area contributed by atoms with Gasteiger partial charge in [0.15, 0.2) is 0 Å². The Morgan fingerprint density at radius 1 is 1.17 bits per heavy atom. The summed E-state index contributed by atoms with van der Waals surface area (Å²) >= 11 is 0. The number of hydrogen-bond donors (Lipinski definition) is 2. The lowest BCUT2D eigenvalue weighted by atomic mass is 9.99. The zero-order valence-electron chi connectivity index (χ0n) is 13.8. The molecule has 3 unspecified atom stereocenters. The molecule has 2 aromatic rings. The van der Waals surface area contributed by atoms with Crippen LogP contribution in [0.25, 0.3) is 0 Å². The topological polar surface area (TPSA) is 41.5 Å². The number of ether oxygens (including phenoxy) is 1. The number of hydrogen-bond acceptors (Lipinski definition) is 3. The first kappa shape index (κ1) is 16.0. The van der Waals surface area contributed by atoms with Gasteiger partial charge in [0.25, 0.3) is 0 Å². The molecule has 0 saturated heterocycles. The standard InChI is InChI=1S/C20H25NO2/c1-3-6-18(14-9-11-16(23-2)12-10-14)21-20-17-8-5-4-7-15(17)13-19(20)22/h4-5,7-12,18-22H,3,6,13H2,1-2H3. The third kappa shape index (κ3) is 3.41. The summed E-state index contributed by atoms with van der Waals surface area (Å²) in [7, 11) is 1.68. The number of benzene rings is 2. The van der Waals surface area contributed by atoms with Crippen LogP contribution in [0.5, 0.6) is 5.75 Å². The molecule has 0 aromatic heterocycles. The van der Waals surface area contributed by atoms with Gasteiger partial charge in [-0.3, -0.25) is 0 Å². The van der Waals surface area contributed by atoms with E-state index < -0.39 is 0 Å². The summed E-state index contributed by atoms with van der Waals surface area (Å²) in [5.41, 5.74) is 3.72. The van der Waals surface area contributed by atoms with E-state index in [2.05, 4.69) is 36.5 Å². The van der Waals surface area contributed by atoms with Gasteiger partial charge in [0.1, 0.15) is 5.75 Å². The summed E-state index contributed by atoms with van der Waals surface area (Å²) in [6, 6.07) is 16.8. The SMILES string of the molecule is CCCC(NC1c2ccccc2CC1O)c1ccc(OC)cc1. The van der Waals surface area contributed by atoms with Crippen LogP contribution in [0.15, 0.2) is 48.5 Å². The minimum absolute atomic E-state index is 0.00449. The van der Waals surface area contributed by atoms with E-state index in [-0.39, 0.29) is 18.2 Å². The maximum atomic E-state index is 10.5. The molecular formula is C20H25NO2. The Hall–Kier alpha value is -1.84. The average Bonchev–Trinajstić information content (AvgIpc) is 2.90. The minimum atomic E-state index is -0.356. The molecule has 0 amide bonds. The van der Waals surface area contributed by atoms with Crippen molar-refractivity contribution in [1.29, 1.82) is 0 Å². The molecular weight excluding hydrogens is 286 g/mol. The first-order valence-electron chi connectivity index (χ1n) is 8.38. The second kappa shape index (κ2) is 7.16. The number of aliphatic hydroxyl groups excluding tert-OH is 1. The molecule has 122 valence electrons. The molecule has 0 bridgehead atoms. The van der Waals surface area contributed by atoms with Crippen LogP contribution in [0.1, 0.15) is 48.5 Å². The molecule has 1 aliphatic rings. The monoisotopic (exact) mass is 311 g/mol. The van der Waals surface area contributed by atoms with Gasteiger partial charge in [0.2, 0.25) is 0 Å². The van der Waals surface area contributed by atoms with Gasteiger partial charge in [-0.1, -0.05) is 49.7 Å². The molecule has 0 spiro atoms. The van der Waals surface area contributed by atoms with Gasteiger partial charge in [-0.2, -0.15) is 0 Å². The fourth-order valence-electron chi connectivity index (χ4n) is 3.46. The fraction of sp³-hybridized carbons (Fsp3) is 0.400. The van der Waals surface area contributed by atoms with Crippen LogP contribution in [0.2, 0.25) is 0 Å². The highest BCUT2D eigenvalue weighted by molar-refractivity contribution is 5.37. The summed E-state index contributed by atoms with van der Waals surface area (Å²) in [5.74, 6) is 0.871. The molecule has 3 rings (SSSR count). The third-order valence-corrected chi connectivity index (χ3v) is 4.68. The van der Waals surface area contributed by atoms with Gasteiger partial charge in [-0.05, 0) is 35.2 Å². The molecule has 3 atom stereocenters. The van der Waals surface area contributed by atoms with Crippen molar-refractivity contribution in [2.24, 2.45) is 0 Å². The van der Waals surface area contributed by atoms with E-state index in [4.69, 9.17) is 4.74 Å². The summed E-state index contributed by atoms with van der Waals surface area (Å²) in [6.45, 7) is 2.19. The molecule has 0 fully saturated rings. The lowest BCUT2D eigenvalue weighted by Gasteiger charge is -2.26. The van der Waals surface area contributed by atoms with E-state index in [1.807, 2.05) is 24.3 Å². The second-order valence-electron chi connectivity index (χ2n) is 6.23. The smallest absolute Gasteiger partial charge is 0.118 e. The van der Waals surface area contributed by atoms with Crippen LogP contribution in [0.3, 0.4) is 0 Å². The second-order valence-corrected chi connectivity index (χ2v) is 6.23. The van der Waals surface area contributed by atoms with Gasteiger partial charge in [0, 0.05) is 12.5 Å². The van der Waals surface area contributed by atoms with Gasteiger partial charge in [-0.25, -0.2) is 0 Å². The normalized spacial score (nSPS) is 21.0. The summed E-state index contributed by atoms with van der Waals surface area (Å²) in [5, 5.41) is 14.2. The van der Waals surface area contributed by atoms with Gasteiger partial charge in [0.05, 0.1) is 19.3 Å². The Labute approximate surface area is 138 Å². The summed E-state index contributed by atoms with van der Waals surface area (Å²) in [6.07, 6.45) is 2.51. The number of rotatable bonds is 6. The number of methoxy groups -OCH3 is 1. The maximum absolute atomic E-state index is 10.5. The van der Waals surface area contributed by atoms with Crippen molar-refractivity contribution in [2.45, 2.75) is 44.4 Å². The fourth-order valence-corrected chi connectivity index (χ4v) is 3.46. The van der Waals surface area contributed by atoms with Crippen LogP contribution in [0, 0.1) is 0 Å². The third-order valence-electron chi connectivity index (χ3n) is 4.68. The van der Waals surface area contributed by atoms with Crippen LogP contribution < -0.4 is 10.1 Å². The van der Waals surface area contributed by atoms with E-state index >= 15 is 0 Å². The van der Waals surface area contributed by atoms with E-state index in [0.717, 1.165) is 25.0 Å². The van der Waals surface area contributed by atoms with Gasteiger partial charge >= 0.3 is 0 Å². The summed E-state index contributed by atoms with van der Waals surface area (Å²) in [4.78, 5) is 0. The highest BCUT2D eigenvalue weighted by atomic mass is 16.5. The van der Waals surface area contributed by atoms with Crippen LogP contribution in [-0.4, -0.2) is 18.3 Å². The first-order valence-corrected chi connectivity index (χ1v) is 8.38. The molecule has 0 radical (unpaired) electrons. The van der Waals surface area contributed by atoms with Crippen LogP contribution >= 0.6 is 0 Å². The highest BCUT2D eigenvalue weighted by Gasteiger charge is 2.32.